The lowest BCUT2D eigenvalue weighted by Gasteiger charge is -2.26. The Balaban J connectivity index is 1.16. The summed E-state index contributed by atoms with van der Waals surface area (Å²) >= 11 is 1.83. The normalized spacial score (nSPS) is 11.6. The molecule has 2 nitrogen and oxygen atoms in total. The molecule has 0 amide bonds. The number of benzene rings is 8. The fourth-order valence-corrected chi connectivity index (χ4v) is 8.74. The third-order valence-corrected chi connectivity index (χ3v) is 11.1. The van der Waals surface area contributed by atoms with E-state index in [9.17, 15) is 0 Å². The first kappa shape index (κ1) is 28.7. The Morgan fingerprint density at radius 3 is 1.90 bits per heavy atom. The molecule has 8 aromatic carbocycles. The molecule has 2 aromatic heterocycles. The fourth-order valence-electron chi connectivity index (χ4n) is 7.56. The van der Waals surface area contributed by atoms with Gasteiger partial charge in [-0.25, -0.2) is 0 Å². The van der Waals surface area contributed by atoms with Crippen LogP contribution in [0.2, 0.25) is 0 Å². The third kappa shape index (κ3) is 4.67. The van der Waals surface area contributed by atoms with E-state index in [0.717, 1.165) is 17.1 Å². The number of aromatic nitrogens is 1. The van der Waals surface area contributed by atoms with Crippen molar-refractivity contribution in [3.05, 3.63) is 182 Å². The number of anilines is 3. The Labute approximate surface area is 294 Å². The van der Waals surface area contributed by atoms with Crippen molar-refractivity contribution in [2.24, 2.45) is 0 Å². The lowest BCUT2D eigenvalue weighted by molar-refractivity contribution is 1.30. The van der Waals surface area contributed by atoms with E-state index in [1.165, 1.54) is 74.7 Å². The molecule has 0 saturated carbocycles. The van der Waals surface area contributed by atoms with Gasteiger partial charge in [-0.2, -0.15) is 0 Å². The van der Waals surface area contributed by atoms with E-state index in [-0.39, 0.29) is 0 Å². The summed E-state index contributed by atoms with van der Waals surface area (Å²) in [6, 6.07) is 61.8. The second-order valence-electron chi connectivity index (χ2n) is 12.8. The molecule has 3 heteroatoms. The zero-order chi connectivity index (χ0) is 33.0. The van der Waals surface area contributed by atoms with Crippen molar-refractivity contribution < 1.29 is 0 Å². The van der Waals surface area contributed by atoms with E-state index < -0.39 is 0 Å². The fraction of sp³-hybridized carbons (Fsp3) is 0. The van der Waals surface area contributed by atoms with Crippen LogP contribution >= 0.6 is 11.3 Å². The summed E-state index contributed by atoms with van der Waals surface area (Å²) in [6.45, 7) is 0. The van der Waals surface area contributed by atoms with Gasteiger partial charge >= 0.3 is 0 Å². The molecule has 50 heavy (non-hydrogen) atoms. The summed E-state index contributed by atoms with van der Waals surface area (Å²) in [6.07, 6.45) is 3.87. The Bertz CT molecular complexity index is 2850. The third-order valence-electron chi connectivity index (χ3n) is 9.94. The van der Waals surface area contributed by atoms with Gasteiger partial charge in [0.2, 0.25) is 0 Å². The molecule has 0 unspecified atom stereocenters. The van der Waals surface area contributed by atoms with Gasteiger partial charge in [-0.3, -0.25) is 4.98 Å². The van der Waals surface area contributed by atoms with Crippen LogP contribution in [0.1, 0.15) is 0 Å². The second kappa shape index (κ2) is 11.7. The van der Waals surface area contributed by atoms with E-state index in [4.69, 9.17) is 0 Å². The van der Waals surface area contributed by atoms with Crippen molar-refractivity contribution >= 4 is 80.9 Å². The molecule has 0 aliphatic heterocycles. The van der Waals surface area contributed by atoms with Crippen LogP contribution < -0.4 is 4.90 Å². The van der Waals surface area contributed by atoms with Crippen LogP contribution in [0.3, 0.4) is 0 Å². The Morgan fingerprint density at radius 1 is 0.440 bits per heavy atom. The monoisotopic (exact) mass is 654 g/mol. The summed E-state index contributed by atoms with van der Waals surface area (Å²) in [4.78, 5) is 6.86. The molecule has 0 fully saturated rings. The number of hydrogen-bond donors (Lipinski definition) is 0. The van der Waals surface area contributed by atoms with Gasteiger partial charge in [0.1, 0.15) is 0 Å². The number of hydrogen-bond acceptors (Lipinski definition) is 3. The first-order valence-electron chi connectivity index (χ1n) is 16.9. The average Bonchev–Trinajstić information content (AvgIpc) is 3.58. The maximum atomic E-state index is 4.46. The smallest absolute Gasteiger partial charge is 0.0640 e. The minimum absolute atomic E-state index is 1.11. The molecular weight excluding hydrogens is 625 g/mol. The summed E-state index contributed by atoms with van der Waals surface area (Å²) < 4.78 is 2.49. The van der Waals surface area contributed by atoms with Crippen LogP contribution in [-0.4, -0.2) is 4.98 Å². The van der Waals surface area contributed by atoms with Gasteiger partial charge in [-0.15, -0.1) is 11.3 Å². The van der Waals surface area contributed by atoms with Crippen LogP contribution in [0.4, 0.5) is 17.1 Å². The molecule has 0 bridgehead atoms. The number of fused-ring (bicyclic) bond motifs is 8. The van der Waals surface area contributed by atoms with Crippen molar-refractivity contribution in [2.45, 2.75) is 0 Å². The number of rotatable bonds is 5. The van der Waals surface area contributed by atoms with Gasteiger partial charge in [0.05, 0.1) is 10.4 Å². The van der Waals surface area contributed by atoms with Gasteiger partial charge in [0.15, 0.2) is 0 Å². The van der Waals surface area contributed by atoms with Gasteiger partial charge < -0.3 is 4.90 Å². The topological polar surface area (TPSA) is 16.1 Å². The minimum atomic E-state index is 1.11. The second-order valence-corrected chi connectivity index (χ2v) is 13.8. The first-order valence-corrected chi connectivity index (χ1v) is 17.8. The van der Waals surface area contributed by atoms with Crippen LogP contribution in [-0.2, 0) is 0 Å². The molecular formula is C47H30N2S. The lowest BCUT2D eigenvalue weighted by atomic mass is 9.90. The largest absolute Gasteiger partial charge is 0.309 e. The molecule has 234 valence electrons. The highest BCUT2D eigenvalue weighted by molar-refractivity contribution is 7.26. The minimum Gasteiger partial charge on any atom is -0.309 e. The van der Waals surface area contributed by atoms with E-state index >= 15 is 0 Å². The summed E-state index contributed by atoms with van der Waals surface area (Å²) in [5, 5.41) is 10.1. The van der Waals surface area contributed by atoms with Gasteiger partial charge in [0.25, 0.3) is 0 Å². The highest BCUT2D eigenvalue weighted by Crippen LogP contribution is 2.46. The zero-order valence-corrected chi connectivity index (χ0v) is 27.9. The van der Waals surface area contributed by atoms with Crippen LogP contribution in [0.25, 0.3) is 74.7 Å². The molecule has 0 radical (unpaired) electrons. The molecule has 10 rings (SSSR count). The van der Waals surface area contributed by atoms with Crippen molar-refractivity contribution in [1.29, 1.82) is 0 Å². The number of pyridine rings is 1. The first-order chi connectivity index (χ1) is 24.8. The van der Waals surface area contributed by atoms with Crippen molar-refractivity contribution in [2.75, 3.05) is 4.90 Å². The summed E-state index contributed by atoms with van der Waals surface area (Å²) in [5.41, 5.74) is 8.25. The predicted octanol–water partition coefficient (Wildman–Crippen LogP) is 13.7. The van der Waals surface area contributed by atoms with E-state index in [1.807, 2.05) is 23.7 Å². The Kier molecular flexibility index (Phi) is 6.71. The number of nitrogens with zero attached hydrogens (tertiary/aromatic N) is 2. The lowest BCUT2D eigenvalue weighted by Crippen LogP contribution is -2.10. The molecule has 2 heterocycles. The Hall–Kier alpha value is -6.29. The van der Waals surface area contributed by atoms with Crippen molar-refractivity contribution in [3.8, 4) is 22.3 Å². The zero-order valence-electron chi connectivity index (χ0n) is 27.1. The van der Waals surface area contributed by atoms with Crippen LogP contribution in [0, 0.1) is 0 Å². The summed E-state index contributed by atoms with van der Waals surface area (Å²) in [5.74, 6) is 0. The van der Waals surface area contributed by atoms with Crippen molar-refractivity contribution in [3.63, 3.8) is 0 Å². The molecule has 0 spiro atoms. The summed E-state index contributed by atoms with van der Waals surface area (Å²) in [7, 11) is 0. The van der Waals surface area contributed by atoms with Gasteiger partial charge in [-0.1, -0.05) is 127 Å². The quantitative estimate of drug-likeness (QED) is 0.172. The molecule has 0 aliphatic carbocycles. The SMILES string of the molecule is c1ccc(-c2ccc(N(c3ccc(-c4cc5ccccc5c5ccc6ccccc6c45)cc3)c3cccc4c3sc3ccncc34)cc2)cc1. The molecule has 10 aromatic rings. The maximum absolute atomic E-state index is 4.46. The average molecular weight is 655 g/mol. The highest BCUT2D eigenvalue weighted by Gasteiger charge is 2.19. The highest BCUT2D eigenvalue weighted by atomic mass is 32.1. The number of thiophene rings is 1. The van der Waals surface area contributed by atoms with Crippen LogP contribution in [0.15, 0.2) is 182 Å². The maximum Gasteiger partial charge on any atom is 0.0640 e. The van der Waals surface area contributed by atoms with E-state index in [0.29, 0.717) is 0 Å². The van der Waals surface area contributed by atoms with Gasteiger partial charge in [-0.05, 0) is 97.0 Å². The molecule has 0 saturated heterocycles. The van der Waals surface area contributed by atoms with E-state index in [1.54, 1.807) is 0 Å². The van der Waals surface area contributed by atoms with Crippen LogP contribution in [0.5, 0.6) is 0 Å². The molecule has 0 aliphatic rings. The predicted molar refractivity (Wildman–Crippen MR) is 215 cm³/mol. The van der Waals surface area contributed by atoms with Gasteiger partial charge in [0, 0.05) is 39.2 Å². The van der Waals surface area contributed by atoms with Crippen molar-refractivity contribution in [1.82, 2.24) is 4.98 Å². The van der Waals surface area contributed by atoms with E-state index in [2.05, 4.69) is 180 Å². The standard InChI is InChI=1S/C47H30N2S/c1-2-9-31(10-3-1)32-17-22-36(23-18-32)49(44-16-8-15-41-43-30-48-28-27-45(43)50-47(41)44)37-24-19-34(20-25-37)42-29-35-12-5-6-13-38(35)40-26-21-33-11-4-7-14-39(33)46(40)42/h1-30H. The molecule has 0 atom stereocenters. The Morgan fingerprint density at radius 2 is 1.10 bits per heavy atom. The molecule has 0 N–H and O–H groups in total.